The van der Waals surface area contributed by atoms with Crippen molar-refractivity contribution in [1.82, 2.24) is 4.98 Å². The van der Waals surface area contributed by atoms with Gasteiger partial charge in [-0.2, -0.15) is 5.26 Å². The van der Waals surface area contributed by atoms with Crippen molar-refractivity contribution in [2.75, 3.05) is 0 Å². The highest BCUT2D eigenvalue weighted by atomic mass is 127. The van der Waals surface area contributed by atoms with Gasteiger partial charge in [0.25, 0.3) is 5.69 Å². The maximum Gasteiger partial charge on any atom is 0.269 e. The fraction of sp³-hybridized carbons (Fsp3) is 0. The van der Waals surface area contributed by atoms with Crippen LogP contribution in [0.3, 0.4) is 0 Å². The van der Waals surface area contributed by atoms with Gasteiger partial charge >= 0.3 is 0 Å². The number of nitro groups is 1. The molecule has 2 aromatic heterocycles. The molecule has 0 amide bonds. The normalized spacial score (nSPS) is 11.3. The van der Waals surface area contributed by atoms with Crippen LogP contribution < -0.4 is 0 Å². The first-order valence-electron chi connectivity index (χ1n) is 8.72. The number of hydrogen-bond acceptors (Lipinski definition) is 6. The van der Waals surface area contributed by atoms with Gasteiger partial charge in [0.2, 0.25) is 0 Å². The quantitative estimate of drug-likeness (QED) is 0.126. The Hall–Kier alpha value is -3.29. The van der Waals surface area contributed by atoms with Crippen molar-refractivity contribution in [3.63, 3.8) is 0 Å². The zero-order valence-corrected chi connectivity index (χ0v) is 18.3. The number of hydrogen-bond donors (Lipinski definition) is 0. The lowest BCUT2D eigenvalue weighted by molar-refractivity contribution is -0.384. The Labute approximate surface area is 189 Å². The SMILES string of the molecule is N#C/C(=C\c1ccc(-c2ccc([N+](=O)[O-])cc2)o1)c1nc(-c2ccc(I)cc2)cs1. The van der Waals surface area contributed by atoms with Crippen molar-refractivity contribution in [3.05, 3.63) is 90.5 Å². The smallest absolute Gasteiger partial charge is 0.269 e. The summed E-state index contributed by atoms with van der Waals surface area (Å²) in [4.78, 5) is 14.9. The van der Waals surface area contributed by atoms with E-state index in [1.165, 1.54) is 23.5 Å². The summed E-state index contributed by atoms with van der Waals surface area (Å²) in [7, 11) is 0. The Bertz CT molecular complexity index is 1280. The van der Waals surface area contributed by atoms with E-state index in [0.717, 1.165) is 14.8 Å². The van der Waals surface area contributed by atoms with E-state index in [2.05, 4.69) is 33.6 Å². The lowest BCUT2D eigenvalue weighted by Crippen LogP contribution is -1.86. The number of aromatic nitrogens is 1. The van der Waals surface area contributed by atoms with Crippen molar-refractivity contribution in [2.24, 2.45) is 0 Å². The van der Waals surface area contributed by atoms with E-state index in [1.54, 1.807) is 30.3 Å². The van der Waals surface area contributed by atoms with Gasteiger partial charge in [0, 0.05) is 38.3 Å². The second-order valence-corrected chi connectivity index (χ2v) is 8.32. The van der Waals surface area contributed by atoms with Crippen LogP contribution in [0.5, 0.6) is 0 Å². The van der Waals surface area contributed by atoms with Gasteiger partial charge in [0.1, 0.15) is 22.6 Å². The molecule has 4 rings (SSSR count). The highest BCUT2D eigenvalue weighted by Gasteiger charge is 2.12. The van der Waals surface area contributed by atoms with Crippen LogP contribution in [0.15, 0.2) is 70.5 Å². The molecule has 4 aromatic rings. The standard InChI is InChI=1S/C22H12IN3O3S/c23-17-5-1-14(2-6-17)20-13-30-22(25-20)16(12-24)11-19-9-10-21(29-19)15-3-7-18(8-4-15)26(27)28/h1-11,13H/b16-11+. The molecule has 0 aliphatic carbocycles. The Morgan fingerprint density at radius 3 is 2.47 bits per heavy atom. The maximum absolute atomic E-state index is 10.8. The van der Waals surface area contributed by atoms with Gasteiger partial charge in [-0.25, -0.2) is 4.98 Å². The minimum Gasteiger partial charge on any atom is -0.457 e. The molecule has 6 nitrogen and oxygen atoms in total. The maximum atomic E-state index is 10.8. The van der Waals surface area contributed by atoms with Crippen molar-refractivity contribution >= 4 is 51.3 Å². The van der Waals surface area contributed by atoms with E-state index in [1.807, 2.05) is 29.6 Å². The summed E-state index contributed by atoms with van der Waals surface area (Å²) in [5, 5.41) is 22.9. The first kappa shape index (κ1) is 20.0. The van der Waals surface area contributed by atoms with Crippen LogP contribution in [0.2, 0.25) is 0 Å². The summed E-state index contributed by atoms with van der Waals surface area (Å²) >= 11 is 3.65. The summed E-state index contributed by atoms with van der Waals surface area (Å²) in [6.45, 7) is 0. The Balaban J connectivity index is 1.59. The molecule has 0 aliphatic heterocycles. The highest BCUT2D eigenvalue weighted by molar-refractivity contribution is 14.1. The molecule has 2 heterocycles. The van der Waals surface area contributed by atoms with E-state index in [9.17, 15) is 15.4 Å². The average Bonchev–Trinajstić information content (AvgIpc) is 3.42. The van der Waals surface area contributed by atoms with Gasteiger partial charge < -0.3 is 4.42 Å². The molecule has 0 radical (unpaired) electrons. The number of rotatable bonds is 5. The van der Waals surface area contributed by atoms with Crippen LogP contribution in [-0.4, -0.2) is 9.91 Å². The van der Waals surface area contributed by atoms with E-state index < -0.39 is 4.92 Å². The molecule has 0 atom stereocenters. The van der Waals surface area contributed by atoms with Crippen molar-refractivity contribution in [1.29, 1.82) is 5.26 Å². The molecule has 0 N–H and O–H groups in total. The van der Waals surface area contributed by atoms with Crippen LogP contribution in [0, 0.1) is 25.0 Å². The zero-order chi connectivity index (χ0) is 21.1. The Morgan fingerprint density at radius 1 is 1.10 bits per heavy atom. The molecule has 0 aliphatic rings. The Morgan fingerprint density at radius 2 is 1.80 bits per heavy atom. The first-order chi connectivity index (χ1) is 14.5. The van der Waals surface area contributed by atoms with E-state index in [0.29, 0.717) is 27.7 Å². The lowest BCUT2D eigenvalue weighted by Gasteiger charge is -1.97. The van der Waals surface area contributed by atoms with Crippen LogP contribution in [0.25, 0.3) is 34.2 Å². The average molecular weight is 525 g/mol. The number of thiazole rings is 1. The summed E-state index contributed by atoms with van der Waals surface area (Å²) in [5.41, 5.74) is 2.95. The number of benzene rings is 2. The molecule has 2 aromatic carbocycles. The van der Waals surface area contributed by atoms with E-state index >= 15 is 0 Å². The number of non-ortho nitro benzene ring substituents is 1. The van der Waals surface area contributed by atoms with Crippen LogP contribution in [0.1, 0.15) is 10.8 Å². The fourth-order valence-corrected chi connectivity index (χ4v) is 3.92. The Kier molecular flexibility index (Phi) is 5.74. The third kappa shape index (κ3) is 4.32. The summed E-state index contributed by atoms with van der Waals surface area (Å²) < 4.78 is 6.95. The van der Waals surface area contributed by atoms with Crippen molar-refractivity contribution < 1.29 is 9.34 Å². The zero-order valence-electron chi connectivity index (χ0n) is 15.3. The third-order valence-electron chi connectivity index (χ3n) is 4.27. The van der Waals surface area contributed by atoms with Crippen LogP contribution >= 0.6 is 33.9 Å². The number of furan rings is 1. The van der Waals surface area contributed by atoms with Crippen LogP contribution in [0.4, 0.5) is 5.69 Å². The van der Waals surface area contributed by atoms with Gasteiger partial charge in [-0.1, -0.05) is 12.1 Å². The number of nitro benzene ring substituents is 1. The second kappa shape index (κ2) is 8.61. The summed E-state index contributed by atoms with van der Waals surface area (Å²) in [5.74, 6) is 1.07. The molecule has 0 bridgehead atoms. The summed E-state index contributed by atoms with van der Waals surface area (Å²) in [6, 6.07) is 19.8. The first-order valence-corrected chi connectivity index (χ1v) is 10.7. The molecule has 0 spiro atoms. The van der Waals surface area contributed by atoms with Crippen molar-refractivity contribution in [3.8, 4) is 28.7 Å². The molecule has 0 fully saturated rings. The van der Waals surface area contributed by atoms with E-state index in [-0.39, 0.29) is 5.69 Å². The number of nitriles is 1. The molecule has 0 saturated heterocycles. The van der Waals surface area contributed by atoms with Crippen molar-refractivity contribution in [2.45, 2.75) is 0 Å². The largest absolute Gasteiger partial charge is 0.457 e. The lowest BCUT2D eigenvalue weighted by atomic mass is 10.1. The van der Waals surface area contributed by atoms with E-state index in [4.69, 9.17) is 4.42 Å². The van der Waals surface area contributed by atoms with Gasteiger partial charge in [0.05, 0.1) is 16.2 Å². The van der Waals surface area contributed by atoms with Crippen LogP contribution in [-0.2, 0) is 0 Å². The third-order valence-corrected chi connectivity index (χ3v) is 5.87. The second-order valence-electron chi connectivity index (χ2n) is 6.22. The molecule has 0 unspecified atom stereocenters. The number of halogens is 1. The topological polar surface area (TPSA) is 93.0 Å². The number of allylic oxidation sites excluding steroid dienone is 1. The molecular formula is C22H12IN3O3S. The van der Waals surface area contributed by atoms with Gasteiger partial charge in [-0.05, 0) is 59.0 Å². The predicted molar refractivity (Wildman–Crippen MR) is 125 cm³/mol. The minimum absolute atomic E-state index is 0.0184. The van der Waals surface area contributed by atoms with Gasteiger partial charge in [-0.15, -0.1) is 11.3 Å². The molecule has 8 heteroatoms. The molecule has 0 saturated carbocycles. The predicted octanol–water partition coefficient (Wildman–Crippen LogP) is 6.65. The number of nitrogens with zero attached hydrogens (tertiary/aromatic N) is 3. The molecule has 30 heavy (non-hydrogen) atoms. The molecular weight excluding hydrogens is 513 g/mol. The van der Waals surface area contributed by atoms with Gasteiger partial charge in [-0.3, -0.25) is 10.1 Å². The monoisotopic (exact) mass is 525 g/mol. The summed E-state index contributed by atoms with van der Waals surface area (Å²) in [6.07, 6.45) is 1.64. The fourth-order valence-electron chi connectivity index (χ4n) is 2.77. The molecule has 146 valence electrons. The minimum atomic E-state index is -0.447. The highest BCUT2D eigenvalue weighted by Crippen LogP contribution is 2.29. The van der Waals surface area contributed by atoms with Gasteiger partial charge in [0.15, 0.2) is 0 Å².